The molecule has 25 heavy (non-hydrogen) atoms. The third-order valence-electron chi connectivity index (χ3n) is 4.14. The molecule has 3 aromatic rings. The van der Waals surface area contributed by atoms with E-state index < -0.39 is 0 Å². The molecule has 0 bridgehead atoms. The van der Waals surface area contributed by atoms with Crippen molar-refractivity contribution < 1.29 is 14.1 Å². The van der Waals surface area contributed by atoms with Crippen molar-refractivity contribution in [3.05, 3.63) is 46.2 Å². The highest BCUT2D eigenvalue weighted by Gasteiger charge is 2.16. The lowest BCUT2D eigenvalue weighted by Gasteiger charge is -2.02. The Hall–Kier alpha value is -2.67. The van der Waals surface area contributed by atoms with Gasteiger partial charge in [-0.25, -0.2) is 0 Å². The maximum Gasteiger partial charge on any atom is 0.268 e. The average molecular weight is 342 g/mol. The zero-order chi connectivity index (χ0) is 18.0. The Morgan fingerprint density at radius 1 is 1.32 bits per heavy atom. The summed E-state index contributed by atoms with van der Waals surface area (Å²) in [5, 5.41) is 7.77. The number of fused-ring (bicyclic) bond motifs is 1. The number of aromatic amines is 1. The summed E-state index contributed by atoms with van der Waals surface area (Å²) in [4.78, 5) is 19.9. The molecule has 7 nitrogen and oxygen atoms in total. The lowest BCUT2D eigenvalue weighted by atomic mass is 10.1. The van der Waals surface area contributed by atoms with Gasteiger partial charge in [0.25, 0.3) is 5.91 Å². The van der Waals surface area contributed by atoms with Crippen LogP contribution >= 0.6 is 0 Å². The fraction of sp³-hybridized carbons (Fsp3) is 0.389. The van der Waals surface area contributed by atoms with Gasteiger partial charge < -0.3 is 19.6 Å². The highest BCUT2D eigenvalue weighted by atomic mass is 16.5. The molecule has 0 aliphatic rings. The van der Waals surface area contributed by atoms with E-state index in [4.69, 9.17) is 9.26 Å². The molecule has 0 unspecified atom stereocenters. The highest BCUT2D eigenvalue weighted by Crippen LogP contribution is 2.25. The first-order valence-electron chi connectivity index (χ1n) is 8.17. The molecule has 2 N–H and O–H groups in total. The zero-order valence-corrected chi connectivity index (χ0v) is 14.9. The molecule has 1 aromatic carbocycles. The van der Waals surface area contributed by atoms with Crippen LogP contribution in [0.3, 0.4) is 0 Å². The number of methoxy groups -OCH3 is 1. The molecule has 0 aliphatic heterocycles. The van der Waals surface area contributed by atoms with Crippen LogP contribution in [0.1, 0.15) is 38.9 Å². The predicted molar refractivity (Wildman–Crippen MR) is 93.6 cm³/mol. The Balaban J connectivity index is 1.68. The topological polar surface area (TPSA) is 93.0 Å². The molecule has 1 amide bonds. The van der Waals surface area contributed by atoms with Crippen molar-refractivity contribution in [3.8, 4) is 0 Å². The number of aryl methyl sites for hydroxylation is 3. The van der Waals surface area contributed by atoms with Crippen LogP contribution in [0.4, 0.5) is 0 Å². The molecule has 3 rings (SSSR count). The Morgan fingerprint density at radius 2 is 2.12 bits per heavy atom. The van der Waals surface area contributed by atoms with Crippen LogP contribution in [0.5, 0.6) is 0 Å². The summed E-state index contributed by atoms with van der Waals surface area (Å²) >= 11 is 0. The van der Waals surface area contributed by atoms with Gasteiger partial charge in [0.2, 0.25) is 5.89 Å². The molecule has 0 saturated heterocycles. The molecule has 0 saturated carbocycles. The number of rotatable bonds is 6. The summed E-state index contributed by atoms with van der Waals surface area (Å²) in [5.41, 5.74) is 4.87. The predicted octanol–water partition coefficient (Wildman–Crippen LogP) is 2.60. The lowest BCUT2D eigenvalue weighted by molar-refractivity contribution is 0.0948. The Labute approximate surface area is 145 Å². The number of H-pyrrole nitrogens is 1. The molecule has 0 aliphatic carbocycles. The maximum atomic E-state index is 12.5. The van der Waals surface area contributed by atoms with E-state index in [-0.39, 0.29) is 5.91 Å². The quantitative estimate of drug-likeness (QED) is 0.718. The number of amides is 1. The second kappa shape index (κ2) is 7.06. The van der Waals surface area contributed by atoms with Gasteiger partial charge in [-0.05, 0) is 38.0 Å². The maximum absolute atomic E-state index is 12.5. The highest BCUT2D eigenvalue weighted by molar-refractivity contribution is 6.01. The van der Waals surface area contributed by atoms with Crippen LogP contribution in [0.15, 0.2) is 16.7 Å². The summed E-state index contributed by atoms with van der Waals surface area (Å²) in [7, 11) is 1.57. The van der Waals surface area contributed by atoms with E-state index in [0.717, 1.165) is 22.0 Å². The first-order valence-corrected chi connectivity index (χ1v) is 8.17. The van der Waals surface area contributed by atoms with Crippen LogP contribution in [0, 0.1) is 20.8 Å². The van der Waals surface area contributed by atoms with Crippen molar-refractivity contribution in [3.63, 3.8) is 0 Å². The number of carbonyl (C=O) groups excluding carboxylic acids is 1. The molecule has 0 spiro atoms. The summed E-state index contributed by atoms with van der Waals surface area (Å²) in [5.74, 6) is 0.843. The van der Waals surface area contributed by atoms with E-state index in [1.807, 2.05) is 13.8 Å². The largest absolute Gasteiger partial charge is 0.377 e. The zero-order valence-electron chi connectivity index (χ0n) is 14.9. The minimum atomic E-state index is -0.137. The number of aromatic nitrogens is 3. The third-order valence-corrected chi connectivity index (χ3v) is 4.14. The summed E-state index contributed by atoms with van der Waals surface area (Å²) in [6.45, 7) is 6.78. The van der Waals surface area contributed by atoms with E-state index >= 15 is 0 Å². The standard InChI is InChI=1S/C18H22N4O3/c1-10-7-11(2)16-13(8-10)12(3)17(21-16)18(23)19-6-5-15-20-14(9-24-4)22-25-15/h7-8,21H,5-6,9H2,1-4H3,(H,19,23). The number of carbonyl (C=O) groups is 1. The van der Waals surface area contributed by atoms with Gasteiger partial charge >= 0.3 is 0 Å². The summed E-state index contributed by atoms with van der Waals surface area (Å²) in [6, 6.07) is 4.20. The molecular weight excluding hydrogens is 320 g/mol. The van der Waals surface area contributed by atoms with Gasteiger partial charge in [0, 0.05) is 31.0 Å². The van der Waals surface area contributed by atoms with Gasteiger partial charge in [-0.3, -0.25) is 4.79 Å². The molecule has 7 heteroatoms. The Morgan fingerprint density at radius 3 is 2.88 bits per heavy atom. The second-order valence-corrected chi connectivity index (χ2v) is 6.17. The van der Waals surface area contributed by atoms with E-state index in [1.165, 1.54) is 5.56 Å². The molecular formula is C18H22N4O3. The first kappa shape index (κ1) is 17.2. The number of nitrogens with one attached hydrogen (secondary N) is 2. The Bertz CT molecular complexity index is 911. The number of hydrogen-bond donors (Lipinski definition) is 2. The van der Waals surface area contributed by atoms with E-state index in [0.29, 0.717) is 37.0 Å². The van der Waals surface area contributed by atoms with Crippen LogP contribution < -0.4 is 5.32 Å². The van der Waals surface area contributed by atoms with E-state index in [2.05, 4.69) is 39.5 Å². The Kier molecular flexibility index (Phi) is 4.85. The van der Waals surface area contributed by atoms with Crippen LogP contribution in [0.25, 0.3) is 10.9 Å². The molecule has 2 aromatic heterocycles. The van der Waals surface area contributed by atoms with E-state index in [1.54, 1.807) is 7.11 Å². The number of nitrogens with zero attached hydrogens (tertiary/aromatic N) is 2. The first-order chi connectivity index (χ1) is 12.0. The molecule has 0 radical (unpaired) electrons. The van der Waals surface area contributed by atoms with Gasteiger partial charge in [0.05, 0.1) is 0 Å². The van der Waals surface area contributed by atoms with Crippen LogP contribution in [0.2, 0.25) is 0 Å². The smallest absolute Gasteiger partial charge is 0.268 e. The van der Waals surface area contributed by atoms with Gasteiger partial charge in [-0.2, -0.15) is 4.98 Å². The van der Waals surface area contributed by atoms with Crippen molar-refractivity contribution in [2.75, 3.05) is 13.7 Å². The molecule has 0 atom stereocenters. The van der Waals surface area contributed by atoms with Crippen LogP contribution in [-0.2, 0) is 17.8 Å². The van der Waals surface area contributed by atoms with Gasteiger partial charge in [-0.1, -0.05) is 16.8 Å². The van der Waals surface area contributed by atoms with Gasteiger partial charge in [-0.15, -0.1) is 0 Å². The van der Waals surface area contributed by atoms with Crippen molar-refractivity contribution in [1.82, 2.24) is 20.4 Å². The summed E-state index contributed by atoms with van der Waals surface area (Å²) in [6.07, 6.45) is 0.472. The minimum absolute atomic E-state index is 0.137. The average Bonchev–Trinajstić information content (AvgIpc) is 3.13. The monoisotopic (exact) mass is 342 g/mol. The van der Waals surface area contributed by atoms with Crippen molar-refractivity contribution in [1.29, 1.82) is 0 Å². The fourth-order valence-electron chi connectivity index (χ4n) is 2.96. The normalized spacial score (nSPS) is 11.2. The van der Waals surface area contributed by atoms with Crippen molar-refractivity contribution >= 4 is 16.8 Å². The van der Waals surface area contributed by atoms with Crippen molar-refractivity contribution in [2.45, 2.75) is 33.8 Å². The van der Waals surface area contributed by atoms with Gasteiger partial charge in [0.15, 0.2) is 5.82 Å². The molecule has 2 heterocycles. The SMILES string of the molecule is COCc1noc(CCNC(=O)c2[nH]c3c(C)cc(C)cc3c2C)n1. The van der Waals surface area contributed by atoms with Crippen LogP contribution in [-0.4, -0.2) is 34.7 Å². The number of ether oxygens (including phenoxy) is 1. The van der Waals surface area contributed by atoms with Crippen molar-refractivity contribution in [2.24, 2.45) is 0 Å². The lowest BCUT2D eigenvalue weighted by Crippen LogP contribution is -2.26. The number of benzene rings is 1. The van der Waals surface area contributed by atoms with E-state index in [9.17, 15) is 4.79 Å². The number of hydrogen-bond acceptors (Lipinski definition) is 5. The van der Waals surface area contributed by atoms with Gasteiger partial charge in [0.1, 0.15) is 12.3 Å². The molecule has 132 valence electrons. The molecule has 0 fully saturated rings. The second-order valence-electron chi connectivity index (χ2n) is 6.17. The minimum Gasteiger partial charge on any atom is -0.377 e. The summed E-state index contributed by atoms with van der Waals surface area (Å²) < 4.78 is 10.0. The third kappa shape index (κ3) is 3.56. The fourth-order valence-corrected chi connectivity index (χ4v) is 2.96.